The molecule has 1 heterocycles. The molecule has 4 nitrogen and oxygen atoms in total. The number of guanidine groups is 1. The summed E-state index contributed by atoms with van der Waals surface area (Å²) < 4.78 is 5.42. The van der Waals surface area contributed by atoms with Gasteiger partial charge in [0.1, 0.15) is 6.10 Å². The molecule has 1 aliphatic heterocycles. The minimum Gasteiger partial charge on any atom is -0.496 e. The summed E-state index contributed by atoms with van der Waals surface area (Å²) in [7, 11) is 2.01. The van der Waals surface area contributed by atoms with Crippen molar-refractivity contribution in [3.63, 3.8) is 0 Å². The van der Waals surface area contributed by atoms with Crippen LogP contribution in [0.1, 0.15) is 25.7 Å². The zero-order valence-corrected chi connectivity index (χ0v) is 12.0. The second-order valence-electron chi connectivity index (χ2n) is 4.25. The van der Waals surface area contributed by atoms with Gasteiger partial charge in [0.25, 0.3) is 0 Å². The van der Waals surface area contributed by atoms with Gasteiger partial charge >= 0.3 is 0 Å². The van der Waals surface area contributed by atoms with E-state index >= 15 is 0 Å². The fourth-order valence-corrected chi connectivity index (χ4v) is 1.67. The second kappa shape index (κ2) is 6.32. The Morgan fingerprint density at radius 1 is 1.50 bits per heavy atom. The fourth-order valence-electron chi connectivity index (χ4n) is 1.67. The molecule has 1 fully saturated rings. The van der Waals surface area contributed by atoms with Gasteiger partial charge in [-0.05, 0) is 31.8 Å². The topological polar surface area (TPSA) is 50.8 Å². The van der Waals surface area contributed by atoms with E-state index in [1.807, 2.05) is 13.1 Å². The standard InChI is InChI=1S/C11H19N3O.HI/c1-14(9-5-6-9)11(12)13-8-10-4-2-3-7-15-10;/h3,7,9-10H,2,4-6,8H2,1H3,(H2,12,13);1H. The summed E-state index contributed by atoms with van der Waals surface area (Å²) in [5.41, 5.74) is 5.88. The third-order valence-corrected chi connectivity index (χ3v) is 2.94. The third kappa shape index (κ3) is 3.84. The molecule has 1 saturated carbocycles. The average molecular weight is 337 g/mol. The van der Waals surface area contributed by atoms with Crippen LogP contribution >= 0.6 is 24.0 Å². The van der Waals surface area contributed by atoms with Crippen molar-refractivity contribution in [3.05, 3.63) is 12.3 Å². The second-order valence-corrected chi connectivity index (χ2v) is 4.25. The maximum atomic E-state index is 5.88. The lowest BCUT2D eigenvalue weighted by Crippen LogP contribution is -2.36. The zero-order valence-electron chi connectivity index (χ0n) is 9.63. The van der Waals surface area contributed by atoms with Crippen molar-refractivity contribution in [2.75, 3.05) is 13.6 Å². The Morgan fingerprint density at radius 3 is 2.81 bits per heavy atom. The number of ether oxygens (including phenoxy) is 1. The van der Waals surface area contributed by atoms with Gasteiger partial charge in [0.15, 0.2) is 5.96 Å². The molecule has 16 heavy (non-hydrogen) atoms. The van der Waals surface area contributed by atoms with E-state index in [0.29, 0.717) is 18.5 Å². The van der Waals surface area contributed by atoms with Crippen molar-refractivity contribution in [1.29, 1.82) is 0 Å². The van der Waals surface area contributed by atoms with E-state index in [1.165, 1.54) is 12.8 Å². The van der Waals surface area contributed by atoms with Gasteiger partial charge < -0.3 is 15.4 Å². The highest BCUT2D eigenvalue weighted by Gasteiger charge is 2.27. The van der Waals surface area contributed by atoms with Crippen LogP contribution in [0.3, 0.4) is 0 Å². The molecule has 2 rings (SSSR count). The monoisotopic (exact) mass is 337 g/mol. The van der Waals surface area contributed by atoms with Crippen molar-refractivity contribution in [2.45, 2.75) is 37.8 Å². The molecule has 0 spiro atoms. The van der Waals surface area contributed by atoms with E-state index in [2.05, 4.69) is 9.89 Å². The Bertz CT molecular complexity index is 276. The SMILES string of the molecule is CN(C(N)=NCC1CCC=CO1)C1CC1.I. The van der Waals surface area contributed by atoms with Crippen molar-refractivity contribution in [2.24, 2.45) is 10.7 Å². The Labute approximate surface area is 114 Å². The van der Waals surface area contributed by atoms with Crippen molar-refractivity contribution >= 4 is 29.9 Å². The number of halogens is 1. The summed E-state index contributed by atoms with van der Waals surface area (Å²) >= 11 is 0. The highest BCUT2D eigenvalue weighted by molar-refractivity contribution is 14.0. The fraction of sp³-hybridized carbons (Fsp3) is 0.727. The van der Waals surface area contributed by atoms with E-state index in [1.54, 1.807) is 6.26 Å². The summed E-state index contributed by atoms with van der Waals surface area (Å²) in [4.78, 5) is 6.44. The first-order valence-electron chi connectivity index (χ1n) is 5.60. The molecule has 92 valence electrons. The molecule has 1 unspecified atom stereocenters. The number of nitrogens with two attached hydrogens (primary N) is 1. The highest BCUT2D eigenvalue weighted by Crippen LogP contribution is 2.24. The minimum atomic E-state index is 0. The molecule has 0 amide bonds. The predicted octanol–water partition coefficient (Wildman–Crippen LogP) is 1.71. The summed E-state index contributed by atoms with van der Waals surface area (Å²) in [6.45, 7) is 0.674. The maximum absolute atomic E-state index is 5.88. The van der Waals surface area contributed by atoms with Crippen LogP contribution in [0, 0.1) is 0 Å². The predicted molar refractivity (Wildman–Crippen MR) is 75.9 cm³/mol. The van der Waals surface area contributed by atoms with Crippen molar-refractivity contribution in [3.8, 4) is 0 Å². The summed E-state index contributed by atoms with van der Waals surface area (Å²) in [6.07, 6.45) is 8.63. The quantitative estimate of drug-likeness (QED) is 0.485. The number of rotatable bonds is 3. The molecule has 0 aromatic rings. The number of nitrogens with zero attached hydrogens (tertiary/aromatic N) is 2. The van der Waals surface area contributed by atoms with E-state index < -0.39 is 0 Å². The summed E-state index contributed by atoms with van der Waals surface area (Å²) in [5, 5.41) is 0. The molecule has 0 aromatic heterocycles. The normalized spacial score (nSPS) is 24.6. The van der Waals surface area contributed by atoms with Crippen molar-refractivity contribution < 1.29 is 4.74 Å². The smallest absolute Gasteiger partial charge is 0.191 e. The lowest BCUT2D eigenvalue weighted by molar-refractivity contribution is 0.131. The molecule has 0 bridgehead atoms. The van der Waals surface area contributed by atoms with E-state index in [9.17, 15) is 0 Å². The Balaban J connectivity index is 0.00000128. The number of allylic oxidation sites excluding steroid dienone is 1. The molecule has 1 atom stereocenters. The van der Waals surface area contributed by atoms with Gasteiger partial charge in [0.05, 0.1) is 12.8 Å². The maximum Gasteiger partial charge on any atom is 0.191 e. The van der Waals surface area contributed by atoms with Crippen LogP contribution in [0.4, 0.5) is 0 Å². The summed E-state index contributed by atoms with van der Waals surface area (Å²) in [5.74, 6) is 0.649. The molecule has 5 heteroatoms. The van der Waals surface area contributed by atoms with Gasteiger partial charge in [-0.1, -0.05) is 0 Å². The number of hydrogen-bond donors (Lipinski definition) is 1. The van der Waals surface area contributed by atoms with Crippen molar-refractivity contribution in [1.82, 2.24) is 4.90 Å². The minimum absolute atomic E-state index is 0. The Morgan fingerprint density at radius 2 is 2.25 bits per heavy atom. The van der Waals surface area contributed by atoms with Crippen LogP contribution in [0.25, 0.3) is 0 Å². The Kier molecular flexibility index (Phi) is 5.37. The molecule has 0 radical (unpaired) electrons. The van der Waals surface area contributed by atoms with Crippen LogP contribution in [0.2, 0.25) is 0 Å². The lowest BCUT2D eigenvalue weighted by atomic mass is 10.2. The molecule has 2 aliphatic rings. The van der Waals surface area contributed by atoms with Gasteiger partial charge in [0, 0.05) is 13.1 Å². The van der Waals surface area contributed by atoms with Gasteiger partial charge in [-0.3, -0.25) is 0 Å². The molecule has 0 aromatic carbocycles. The van der Waals surface area contributed by atoms with Gasteiger partial charge in [-0.2, -0.15) is 0 Å². The molecule has 2 N–H and O–H groups in total. The first-order chi connectivity index (χ1) is 7.27. The van der Waals surface area contributed by atoms with Gasteiger partial charge in [0.2, 0.25) is 0 Å². The largest absolute Gasteiger partial charge is 0.496 e. The van der Waals surface area contributed by atoms with Crippen LogP contribution in [-0.4, -0.2) is 36.6 Å². The Hall–Kier alpha value is -0.460. The van der Waals surface area contributed by atoms with E-state index in [4.69, 9.17) is 10.5 Å². The number of hydrogen-bond acceptors (Lipinski definition) is 2. The van der Waals surface area contributed by atoms with Gasteiger partial charge in [-0.15, -0.1) is 24.0 Å². The molecular formula is C11H20IN3O. The molecule has 1 aliphatic carbocycles. The molecule has 0 saturated heterocycles. The summed E-state index contributed by atoms with van der Waals surface area (Å²) in [6, 6.07) is 0.626. The van der Waals surface area contributed by atoms with Gasteiger partial charge in [-0.25, -0.2) is 4.99 Å². The molecular weight excluding hydrogens is 317 g/mol. The van der Waals surface area contributed by atoms with Crippen LogP contribution in [0.15, 0.2) is 17.3 Å². The average Bonchev–Trinajstić information content (AvgIpc) is 3.10. The van der Waals surface area contributed by atoms with Crippen LogP contribution < -0.4 is 5.73 Å². The van der Waals surface area contributed by atoms with E-state index in [-0.39, 0.29) is 30.1 Å². The zero-order chi connectivity index (χ0) is 10.7. The lowest BCUT2D eigenvalue weighted by Gasteiger charge is -2.20. The first-order valence-corrected chi connectivity index (χ1v) is 5.60. The van der Waals surface area contributed by atoms with Crippen LogP contribution in [0.5, 0.6) is 0 Å². The van der Waals surface area contributed by atoms with Crippen LogP contribution in [-0.2, 0) is 4.74 Å². The highest BCUT2D eigenvalue weighted by atomic mass is 127. The number of aliphatic imine (C=N–C) groups is 1. The first kappa shape index (κ1) is 13.6. The van der Waals surface area contributed by atoms with E-state index in [0.717, 1.165) is 12.8 Å². The third-order valence-electron chi connectivity index (χ3n) is 2.94.